The van der Waals surface area contributed by atoms with Crippen molar-refractivity contribution in [3.63, 3.8) is 0 Å². The molecule has 0 atom stereocenters. The van der Waals surface area contributed by atoms with E-state index in [-0.39, 0.29) is 5.95 Å². The Morgan fingerprint density at radius 1 is 1.03 bits per heavy atom. The van der Waals surface area contributed by atoms with E-state index in [1.165, 1.54) is 0 Å². The summed E-state index contributed by atoms with van der Waals surface area (Å²) >= 11 is 0. The molecule has 0 amide bonds. The number of piperidine rings is 1. The van der Waals surface area contributed by atoms with Crippen molar-refractivity contribution in [2.45, 2.75) is 12.8 Å². The summed E-state index contributed by atoms with van der Waals surface area (Å²) in [7, 11) is 0. The molecule has 0 unspecified atom stereocenters. The summed E-state index contributed by atoms with van der Waals surface area (Å²) in [5.74, 6) is 3.46. The predicted octanol–water partition coefficient (Wildman–Crippen LogP) is 4.10. The molecular formula is C26H25N7O2. The minimum Gasteiger partial charge on any atom is -0.493 e. The molecule has 1 aliphatic rings. The lowest BCUT2D eigenvalue weighted by Crippen LogP contribution is -2.30. The molecule has 1 fully saturated rings. The Bertz CT molecular complexity index is 1440. The van der Waals surface area contributed by atoms with Crippen LogP contribution in [0, 0.1) is 5.92 Å². The maximum Gasteiger partial charge on any atom is 0.222 e. The molecule has 0 aliphatic carbocycles. The van der Waals surface area contributed by atoms with Gasteiger partial charge < -0.3 is 20.2 Å². The molecular weight excluding hydrogens is 442 g/mol. The van der Waals surface area contributed by atoms with Gasteiger partial charge in [0, 0.05) is 30.1 Å². The number of ether oxygens (including phenoxy) is 1. The van der Waals surface area contributed by atoms with Crippen LogP contribution in [0.5, 0.6) is 5.75 Å². The number of rotatable bonds is 6. The third kappa shape index (κ3) is 4.33. The van der Waals surface area contributed by atoms with Gasteiger partial charge in [-0.2, -0.15) is 4.98 Å². The number of nitrogen functional groups attached to an aromatic ring is 1. The highest BCUT2D eigenvalue weighted by molar-refractivity contribution is 5.84. The van der Waals surface area contributed by atoms with E-state index in [1.54, 1.807) is 18.7 Å². The summed E-state index contributed by atoms with van der Waals surface area (Å²) in [5.41, 5.74) is 9.30. The number of hydrogen-bond acceptors (Lipinski definition) is 8. The normalized spacial score (nSPS) is 14.4. The lowest BCUT2D eigenvalue weighted by molar-refractivity contribution is 0.215. The molecule has 3 N–H and O–H groups in total. The first-order chi connectivity index (χ1) is 17.2. The van der Waals surface area contributed by atoms with E-state index >= 15 is 0 Å². The zero-order valence-electron chi connectivity index (χ0n) is 19.1. The number of anilines is 1. The summed E-state index contributed by atoms with van der Waals surface area (Å²) in [4.78, 5) is 18.0. The Hall–Kier alpha value is -4.24. The SMILES string of the molecule is Nc1nc(-c2ccco2)cc(-n2c(-c3ccncc3)nc3cc(OCC4CCNCC4)ccc32)n1. The van der Waals surface area contributed by atoms with E-state index in [9.17, 15) is 0 Å². The maximum absolute atomic E-state index is 6.16. The van der Waals surface area contributed by atoms with Crippen molar-refractivity contribution >= 4 is 17.0 Å². The second kappa shape index (κ2) is 9.19. The standard InChI is InChI=1S/C26H25N7O2/c27-26-31-21(23-2-1-13-34-23)15-24(32-26)33-22-4-3-19(35-16-17-5-9-28-10-6-17)14-20(22)30-25(33)18-7-11-29-12-8-18/h1-4,7-8,11-15,17,28H,5-6,9-10,16H2,(H2,27,31,32). The van der Waals surface area contributed by atoms with Crippen molar-refractivity contribution in [2.75, 3.05) is 25.4 Å². The molecule has 9 heteroatoms. The third-order valence-electron chi connectivity index (χ3n) is 6.24. The van der Waals surface area contributed by atoms with Gasteiger partial charge in [0.05, 0.1) is 23.9 Å². The summed E-state index contributed by atoms with van der Waals surface area (Å²) in [6.45, 7) is 2.81. The van der Waals surface area contributed by atoms with E-state index < -0.39 is 0 Å². The molecule has 5 heterocycles. The molecule has 0 saturated carbocycles. The number of furan rings is 1. The highest BCUT2D eigenvalue weighted by atomic mass is 16.5. The van der Waals surface area contributed by atoms with Crippen LogP contribution in [0.15, 0.2) is 71.6 Å². The molecule has 9 nitrogen and oxygen atoms in total. The van der Waals surface area contributed by atoms with Crippen LogP contribution in [0.1, 0.15) is 12.8 Å². The molecule has 0 radical (unpaired) electrons. The van der Waals surface area contributed by atoms with Crippen LogP contribution in [0.2, 0.25) is 0 Å². The molecule has 1 aliphatic heterocycles. The Kier molecular flexibility index (Phi) is 5.59. The largest absolute Gasteiger partial charge is 0.493 e. The van der Waals surface area contributed by atoms with E-state index in [0.29, 0.717) is 29.8 Å². The van der Waals surface area contributed by atoms with Gasteiger partial charge in [0.1, 0.15) is 23.1 Å². The summed E-state index contributed by atoms with van der Waals surface area (Å²) < 4.78 is 13.7. The second-order valence-electron chi connectivity index (χ2n) is 8.61. The first-order valence-electron chi connectivity index (χ1n) is 11.7. The van der Waals surface area contributed by atoms with Crippen LogP contribution in [0.4, 0.5) is 5.95 Å². The Balaban J connectivity index is 1.44. The fourth-order valence-electron chi connectivity index (χ4n) is 4.46. The summed E-state index contributed by atoms with van der Waals surface area (Å²) in [6.07, 6.45) is 7.37. The highest BCUT2D eigenvalue weighted by Gasteiger charge is 2.19. The van der Waals surface area contributed by atoms with Gasteiger partial charge in [-0.1, -0.05) is 0 Å². The minimum atomic E-state index is 0.151. The molecule has 35 heavy (non-hydrogen) atoms. The fraction of sp³-hybridized carbons (Fsp3) is 0.231. The number of nitrogens with zero attached hydrogens (tertiary/aromatic N) is 5. The van der Waals surface area contributed by atoms with E-state index in [0.717, 1.165) is 54.1 Å². The highest BCUT2D eigenvalue weighted by Crippen LogP contribution is 2.31. The van der Waals surface area contributed by atoms with Gasteiger partial charge in [0.15, 0.2) is 5.76 Å². The smallest absolute Gasteiger partial charge is 0.222 e. The maximum atomic E-state index is 6.16. The van der Waals surface area contributed by atoms with Crippen molar-refractivity contribution in [3.05, 3.63) is 67.2 Å². The Labute approximate surface area is 202 Å². The third-order valence-corrected chi connectivity index (χ3v) is 6.24. The van der Waals surface area contributed by atoms with Crippen molar-refractivity contribution in [1.82, 2.24) is 29.8 Å². The minimum absolute atomic E-state index is 0.151. The average molecular weight is 468 g/mol. The molecule has 6 rings (SSSR count). The number of nitrogens with two attached hydrogens (primary N) is 1. The summed E-state index contributed by atoms with van der Waals surface area (Å²) in [6, 6.07) is 15.3. The van der Waals surface area contributed by atoms with Crippen LogP contribution in [-0.2, 0) is 0 Å². The number of nitrogens with one attached hydrogen (secondary N) is 1. The quantitative estimate of drug-likeness (QED) is 0.383. The van der Waals surface area contributed by atoms with Gasteiger partial charge in [-0.3, -0.25) is 9.55 Å². The van der Waals surface area contributed by atoms with Gasteiger partial charge in [-0.25, -0.2) is 9.97 Å². The monoisotopic (exact) mass is 467 g/mol. The predicted molar refractivity (Wildman–Crippen MR) is 133 cm³/mol. The lowest BCUT2D eigenvalue weighted by Gasteiger charge is -2.22. The Morgan fingerprint density at radius 3 is 2.69 bits per heavy atom. The van der Waals surface area contributed by atoms with Crippen LogP contribution in [0.25, 0.3) is 39.7 Å². The van der Waals surface area contributed by atoms with Gasteiger partial charge in [-0.05, 0) is 68.2 Å². The summed E-state index contributed by atoms with van der Waals surface area (Å²) in [5, 5.41) is 3.40. The molecule has 1 aromatic carbocycles. The molecule has 1 saturated heterocycles. The number of imidazole rings is 1. The topological polar surface area (TPSA) is 117 Å². The molecule has 0 bridgehead atoms. The van der Waals surface area contributed by atoms with Crippen molar-refractivity contribution in [1.29, 1.82) is 0 Å². The van der Waals surface area contributed by atoms with Crippen LogP contribution in [0.3, 0.4) is 0 Å². The van der Waals surface area contributed by atoms with E-state index in [2.05, 4.69) is 20.3 Å². The molecule has 176 valence electrons. The molecule has 0 spiro atoms. The molecule has 5 aromatic rings. The van der Waals surface area contributed by atoms with E-state index in [4.69, 9.17) is 19.9 Å². The second-order valence-corrected chi connectivity index (χ2v) is 8.61. The number of fused-ring (bicyclic) bond motifs is 1. The van der Waals surface area contributed by atoms with E-state index in [1.807, 2.05) is 53.1 Å². The average Bonchev–Trinajstić information content (AvgIpc) is 3.57. The van der Waals surface area contributed by atoms with Gasteiger partial charge in [0.25, 0.3) is 0 Å². The van der Waals surface area contributed by atoms with Crippen molar-refractivity contribution < 1.29 is 9.15 Å². The van der Waals surface area contributed by atoms with Crippen LogP contribution >= 0.6 is 0 Å². The number of benzene rings is 1. The van der Waals surface area contributed by atoms with Gasteiger partial charge in [-0.15, -0.1) is 0 Å². The number of aromatic nitrogens is 5. The van der Waals surface area contributed by atoms with Gasteiger partial charge in [0.2, 0.25) is 5.95 Å². The number of hydrogen-bond donors (Lipinski definition) is 2. The first kappa shape index (κ1) is 21.3. The van der Waals surface area contributed by atoms with Crippen molar-refractivity contribution in [3.8, 4) is 34.4 Å². The van der Waals surface area contributed by atoms with Gasteiger partial charge >= 0.3 is 0 Å². The first-order valence-corrected chi connectivity index (χ1v) is 11.7. The van der Waals surface area contributed by atoms with Crippen LogP contribution < -0.4 is 15.8 Å². The zero-order chi connectivity index (χ0) is 23.6. The zero-order valence-corrected chi connectivity index (χ0v) is 19.1. The fourth-order valence-corrected chi connectivity index (χ4v) is 4.46. The number of pyridine rings is 1. The molecule has 4 aromatic heterocycles. The Morgan fingerprint density at radius 2 is 1.89 bits per heavy atom. The lowest BCUT2D eigenvalue weighted by atomic mass is 9.99. The van der Waals surface area contributed by atoms with Crippen molar-refractivity contribution in [2.24, 2.45) is 5.92 Å². The van der Waals surface area contributed by atoms with Crippen LogP contribution in [-0.4, -0.2) is 44.2 Å².